The standard InChI is InChI=1S/C21H31BrN6.HI/c1-3-23-21(25-11-4-5-13-27-15-12-24-17(27)2)26-19-10-14-28(16-19)20-8-6-18(22)7-9-20;/h6-9,12,15,19H,3-5,10-11,13-14,16H2,1-2H3,(H2,23,25,26);1H. The molecule has 3 rings (SSSR count). The van der Waals surface area contributed by atoms with Gasteiger partial charge in [0, 0.05) is 61.3 Å². The normalized spacial score (nSPS) is 16.6. The fourth-order valence-electron chi connectivity index (χ4n) is 3.50. The number of aliphatic imine (C=N–C) groups is 1. The van der Waals surface area contributed by atoms with E-state index in [2.05, 4.69) is 72.2 Å². The minimum absolute atomic E-state index is 0. The van der Waals surface area contributed by atoms with Gasteiger partial charge in [0.05, 0.1) is 0 Å². The summed E-state index contributed by atoms with van der Waals surface area (Å²) in [5.41, 5.74) is 1.28. The predicted molar refractivity (Wildman–Crippen MR) is 135 cm³/mol. The van der Waals surface area contributed by atoms with E-state index in [1.54, 1.807) is 0 Å². The molecule has 0 saturated carbocycles. The summed E-state index contributed by atoms with van der Waals surface area (Å²) in [7, 11) is 0. The van der Waals surface area contributed by atoms with Gasteiger partial charge >= 0.3 is 0 Å². The smallest absolute Gasteiger partial charge is 0.191 e. The van der Waals surface area contributed by atoms with Gasteiger partial charge in [0.1, 0.15) is 5.82 Å². The highest BCUT2D eigenvalue weighted by Crippen LogP contribution is 2.22. The van der Waals surface area contributed by atoms with Gasteiger partial charge in [-0.1, -0.05) is 15.9 Å². The van der Waals surface area contributed by atoms with Crippen molar-refractivity contribution in [2.45, 2.75) is 45.7 Å². The molecular formula is C21H32BrIN6. The summed E-state index contributed by atoms with van der Waals surface area (Å²) < 4.78 is 3.32. The van der Waals surface area contributed by atoms with Gasteiger partial charge in [0.15, 0.2) is 5.96 Å². The summed E-state index contributed by atoms with van der Waals surface area (Å²) in [4.78, 5) is 11.5. The van der Waals surface area contributed by atoms with Crippen LogP contribution in [0.4, 0.5) is 5.69 Å². The van der Waals surface area contributed by atoms with Crippen LogP contribution in [0.2, 0.25) is 0 Å². The number of nitrogens with zero attached hydrogens (tertiary/aromatic N) is 4. The van der Waals surface area contributed by atoms with Crippen LogP contribution < -0.4 is 15.5 Å². The lowest BCUT2D eigenvalue weighted by atomic mass is 10.2. The van der Waals surface area contributed by atoms with E-state index >= 15 is 0 Å². The van der Waals surface area contributed by atoms with E-state index in [1.807, 2.05) is 19.3 Å². The summed E-state index contributed by atoms with van der Waals surface area (Å²) in [6.07, 6.45) is 7.21. The van der Waals surface area contributed by atoms with Gasteiger partial charge in [-0.05, 0) is 57.4 Å². The molecule has 0 bridgehead atoms. The molecule has 1 saturated heterocycles. The van der Waals surface area contributed by atoms with E-state index in [-0.39, 0.29) is 24.0 Å². The summed E-state index contributed by atoms with van der Waals surface area (Å²) in [6, 6.07) is 8.98. The molecule has 0 radical (unpaired) electrons. The molecule has 1 aliphatic heterocycles. The van der Waals surface area contributed by atoms with Crippen LogP contribution in [0.5, 0.6) is 0 Å². The molecule has 1 atom stereocenters. The van der Waals surface area contributed by atoms with Crippen LogP contribution >= 0.6 is 39.9 Å². The van der Waals surface area contributed by atoms with Crippen molar-refractivity contribution in [3.63, 3.8) is 0 Å². The van der Waals surface area contributed by atoms with Crippen LogP contribution in [-0.4, -0.2) is 47.7 Å². The third-order valence-corrected chi connectivity index (χ3v) is 5.59. The molecule has 29 heavy (non-hydrogen) atoms. The highest BCUT2D eigenvalue weighted by Gasteiger charge is 2.23. The number of aromatic nitrogens is 2. The molecule has 2 aromatic rings. The number of guanidine groups is 1. The predicted octanol–water partition coefficient (Wildman–Crippen LogP) is 4.19. The van der Waals surface area contributed by atoms with E-state index in [1.165, 1.54) is 5.69 Å². The first-order chi connectivity index (χ1) is 13.7. The first kappa shape index (κ1) is 24.0. The number of anilines is 1. The molecule has 2 N–H and O–H groups in total. The van der Waals surface area contributed by atoms with E-state index in [0.29, 0.717) is 6.04 Å². The Morgan fingerprint density at radius 2 is 2.07 bits per heavy atom. The SMILES string of the molecule is CCNC(=NCCCCn1ccnc1C)NC1CCN(c2ccc(Br)cc2)C1.I. The molecule has 1 aromatic heterocycles. The van der Waals surface area contributed by atoms with Gasteiger partial charge in [0.25, 0.3) is 0 Å². The number of nitrogens with one attached hydrogen (secondary N) is 2. The molecule has 8 heteroatoms. The van der Waals surface area contributed by atoms with Gasteiger partial charge in [0.2, 0.25) is 0 Å². The summed E-state index contributed by atoms with van der Waals surface area (Å²) in [5.74, 6) is 2.01. The van der Waals surface area contributed by atoms with E-state index < -0.39 is 0 Å². The molecular weight excluding hydrogens is 543 g/mol. The summed E-state index contributed by atoms with van der Waals surface area (Å²) in [5, 5.41) is 7.00. The average Bonchev–Trinajstić information content (AvgIpc) is 3.31. The molecule has 0 amide bonds. The number of halogens is 2. The van der Waals surface area contributed by atoms with Crippen LogP contribution in [0.25, 0.3) is 0 Å². The van der Waals surface area contributed by atoms with E-state index in [4.69, 9.17) is 4.99 Å². The minimum Gasteiger partial charge on any atom is -0.369 e. The largest absolute Gasteiger partial charge is 0.369 e. The zero-order valence-electron chi connectivity index (χ0n) is 17.3. The van der Waals surface area contributed by atoms with Crippen LogP contribution in [0.1, 0.15) is 32.0 Å². The second-order valence-electron chi connectivity index (χ2n) is 7.19. The molecule has 2 heterocycles. The number of unbranched alkanes of at least 4 members (excludes halogenated alkanes) is 1. The maximum atomic E-state index is 4.77. The van der Waals surface area contributed by atoms with E-state index in [0.717, 1.165) is 68.2 Å². The molecule has 160 valence electrons. The zero-order valence-corrected chi connectivity index (χ0v) is 21.2. The van der Waals surface area contributed by atoms with Crippen molar-refractivity contribution in [1.82, 2.24) is 20.2 Å². The Balaban J connectivity index is 0.00000300. The molecule has 1 aromatic carbocycles. The van der Waals surface area contributed by atoms with Crippen LogP contribution in [0.15, 0.2) is 46.1 Å². The zero-order chi connectivity index (χ0) is 19.8. The van der Waals surface area contributed by atoms with Gasteiger partial charge in [-0.3, -0.25) is 4.99 Å². The van der Waals surface area contributed by atoms with Crippen LogP contribution in [0, 0.1) is 6.92 Å². The third kappa shape index (κ3) is 7.47. The first-order valence-corrected chi connectivity index (χ1v) is 11.0. The Bertz CT molecular complexity index is 761. The van der Waals surface area contributed by atoms with Crippen molar-refractivity contribution >= 4 is 51.6 Å². The van der Waals surface area contributed by atoms with Crippen LogP contribution in [0.3, 0.4) is 0 Å². The molecule has 0 spiro atoms. The maximum Gasteiger partial charge on any atom is 0.191 e. The third-order valence-electron chi connectivity index (χ3n) is 5.07. The van der Waals surface area contributed by atoms with Crippen LogP contribution in [-0.2, 0) is 6.54 Å². The first-order valence-electron chi connectivity index (χ1n) is 10.2. The fraction of sp³-hybridized carbons (Fsp3) is 0.524. The van der Waals surface area contributed by atoms with Gasteiger partial charge in [-0.25, -0.2) is 4.98 Å². The Labute approximate surface area is 199 Å². The molecule has 6 nitrogen and oxygen atoms in total. The summed E-state index contributed by atoms with van der Waals surface area (Å²) >= 11 is 3.51. The second kappa shape index (κ2) is 12.4. The van der Waals surface area contributed by atoms with Crippen molar-refractivity contribution in [2.75, 3.05) is 31.1 Å². The van der Waals surface area contributed by atoms with Crippen molar-refractivity contribution in [3.8, 4) is 0 Å². The molecule has 0 aliphatic carbocycles. The minimum atomic E-state index is 0. The number of aryl methyl sites for hydroxylation is 2. The number of imidazole rings is 1. The Kier molecular flexibility index (Phi) is 10.3. The Hall–Kier alpha value is -1.29. The van der Waals surface area contributed by atoms with Crippen molar-refractivity contribution in [2.24, 2.45) is 4.99 Å². The van der Waals surface area contributed by atoms with Crippen molar-refractivity contribution < 1.29 is 0 Å². The summed E-state index contributed by atoms with van der Waals surface area (Å²) in [6.45, 7) is 8.97. The fourth-order valence-corrected chi connectivity index (χ4v) is 3.77. The maximum absolute atomic E-state index is 4.77. The lowest BCUT2D eigenvalue weighted by Gasteiger charge is -2.20. The van der Waals surface area contributed by atoms with Crippen molar-refractivity contribution in [1.29, 1.82) is 0 Å². The number of hydrogen-bond donors (Lipinski definition) is 2. The molecule has 1 fully saturated rings. The highest BCUT2D eigenvalue weighted by molar-refractivity contribution is 14.0. The quantitative estimate of drug-likeness (QED) is 0.215. The number of benzene rings is 1. The highest BCUT2D eigenvalue weighted by atomic mass is 127. The monoisotopic (exact) mass is 574 g/mol. The number of rotatable bonds is 8. The Morgan fingerprint density at radius 1 is 1.28 bits per heavy atom. The second-order valence-corrected chi connectivity index (χ2v) is 8.10. The van der Waals surface area contributed by atoms with Gasteiger partial charge in [-0.2, -0.15) is 0 Å². The lowest BCUT2D eigenvalue weighted by Crippen LogP contribution is -2.44. The molecule has 1 unspecified atom stereocenters. The lowest BCUT2D eigenvalue weighted by molar-refractivity contribution is 0.597. The van der Waals surface area contributed by atoms with Gasteiger partial charge in [-0.15, -0.1) is 24.0 Å². The average molecular weight is 575 g/mol. The van der Waals surface area contributed by atoms with Crippen molar-refractivity contribution in [3.05, 3.63) is 47.0 Å². The van der Waals surface area contributed by atoms with Gasteiger partial charge < -0.3 is 20.1 Å². The Morgan fingerprint density at radius 3 is 2.76 bits per heavy atom. The topological polar surface area (TPSA) is 57.5 Å². The number of hydrogen-bond acceptors (Lipinski definition) is 3. The molecule has 1 aliphatic rings. The van der Waals surface area contributed by atoms with E-state index in [9.17, 15) is 0 Å².